The van der Waals surface area contributed by atoms with Crippen LogP contribution in [0.3, 0.4) is 0 Å². The molecule has 1 aromatic rings. The van der Waals surface area contributed by atoms with E-state index in [1.807, 2.05) is 26.8 Å². The zero-order valence-corrected chi connectivity index (χ0v) is 11.6. The number of phenols is 1. The standard InChI is InChI=1S/C14H22N2O3/c1-9(2)15-13(7-10(3)16-14(18)19)11-5-4-6-12(17)8-11/h4-6,8-10,13,15-17H,7H2,1-3H3,(H,18,19)/t10-,13?/m0/s1. The molecule has 0 bridgehead atoms. The van der Waals surface area contributed by atoms with Crippen LogP contribution in [-0.4, -0.2) is 28.4 Å². The molecular formula is C14H22N2O3. The summed E-state index contributed by atoms with van der Waals surface area (Å²) in [6.07, 6.45) is -0.403. The van der Waals surface area contributed by atoms with Gasteiger partial charge >= 0.3 is 6.09 Å². The maximum atomic E-state index is 10.6. The van der Waals surface area contributed by atoms with Crippen molar-refractivity contribution in [3.8, 4) is 5.75 Å². The van der Waals surface area contributed by atoms with E-state index in [4.69, 9.17) is 5.11 Å². The summed E-state index contributed by atoms with van der Waals surface area (Å²) in [5.74, 6) is 0.215. The fourth-order valence-electron chi connectivity index (χ4n) is 2.07. The van der Waals surface area contributed by atoms with Gasteiger partial charge in [0.25, 0.3) is 0 Å². The van der Waals surface area contributed by atoms with E-state index in [0.717, 1.165) is 5.56 Å². The van der Waals surface area contributed by atoms with Crippen LogP contribution in [0.5, 0.6) is 5.75 Å². The molecule has 0 aromatic heterocycles. The number of benzene rings is 1. The molecule has 5 nitrogen and oxygen atoms in total. The number of aromatic hydroxyl groups is 1. The highest BCUT2D eigenvalue weighted by Gasteiger charge is 2.17. The third-order valence-corrected chi connectivity index (χ3v) is 2.77. The molecule has 106 valence electrons. The number of carboxylic acid groups (broad SMARTS) is 1. The fourth-order valence-corrected chi connectivity index (χ4v) is 2.07. The number of hydrogen-bond acceptors (Lipinski definition) is 3. The molecule has 5 heteroatoms. The second-order valence-corrected chi connectivity index (χ2v) is 5.06. The van der Waals surface area contributed by atoms with E-state index in [2.05, 4.69) is 10.6 Å². The smallest absolute Gasteiger partial charge is 0.404 e. The molecule has 0 saturated heterocycles. The zero-order valence-electron chi connectivity index (χ0n) is 11.6. The number of hydrogen-bond donors (Lipinski definition) is 4. The van der Waals surface area contributed by atoms with Gasteiger partial charge in [-0.1, -0.05) is 26.0 Å². The minimum atomic E-state index is -1.02. The fraction of sp³-hybridized carbons (Fsp3) is 0.500. The Kier molecular flexibility index (Phi) is 5.63. The van der Waals surface area contributed by atoms with Crippen LogP contribution in [0.15, 0.2) is 24.3 Å². The van der Waals surface area contributed by atoms with E-state index in [1.54, 1.807) is 18.2 Å². The predicted octanol–water partition coefficient (Wildman–Crippen LogP) is 2.48. The molecule has 0 radical (unpaired) electrons. The van der Waals surface area contributed by atoms with Crippen LogP contribution < -0.4 is 10.6 Å². The maximum absolute atomic E-state index is 10.6. The summed E-state index contributed by atoms with van der Waals surface area (Å²) in [5.41, 5.74) is 0.952. The highest BCUT2D eigenvalue weighted by molar-refractivity contribution is 5.64. The topological polar surface area (TPSA) is 81.6 Å². The van der Waals surface area contributed by atoms with Crippen LogP contribution in [0.1, 0.15) is 38.8 Å². The van der Waals surface area contributed by atoms with Gasteiger partial charge in [0.05, 0.1) is 0 Å². The molecular weight excluding hydrogens is 244 g/mol. The first-order valence-electron chi connectivity index (χ1n) is 6.43. The van der Waals surface area contributed by atoms with E-state index >= 15 is 0 Å². The third-order valence-electron chi connectivity index (χ3n) is 2.77. The van der Waals surface area contributed by atoms with Gasteiger partial charge in [0.2, 0.25) is 0 Å². The van der Waals surface area contributed by atoms with Gasteiger partial charge in [0.1, 0.15) is 5.75 Å². The van der Waals surface area contributed by atoms with Gasteiger partial charge < -0.3 is 20.8 Å². The molecule has 1 unspecified atom stereocenters. The average Bonchev–Trinajstić information content (AvgIpc) is 2.26. The first kappa shape index (κ1) is 15.3. The van der Waals surface area contributed by atoms with E-state index in [1.165, 1.54) is 0 Å². The zero-order chi connectivity index (χ0) is 14.4. The summed E-state index contributed by atoms with van der Waals surface area (Å²) in [6, 6.07) is 7.12. The summed E-state index contributed by atoms with van der Waals surface area (Å²) < 4.78 is 0. The SMILES string of the molecule is CC(C)NC(C[C@H](C)NC(=O)O)c1cccc(O)c1. The molecule has 0 aliphatic rings. The van der Waals surface area contributed by atoms with E-state index in [0.29, 0.717) is 6.42 Å². The largest absolute Gasteiger partial charge is 0.508 e. The van der Waals surface area contributed by atoms with Crippen LogP contribution >= 0.6 is 0 Å². The maximum Gasteiger partial charge on any atom is 0.404 e. The summed E-state index contributed by atoms with van der Waals surface area (Å²) in [7, 11) is 0. The average molecular weight is 266 g/mol. The Morgan fingerprint density at radius 1 is 1.32 bits per heavy atom. The van der Waals surface area contributed by atoms with Crippen molar-refractivity contribution in [2.24, 2.45) is 0 Å². The summed E-state index contributed by atoms with van der Waals surface area (Å²) >= 11 is 0. The van der Waals surface area contributed by atoms with Crippen molar-refractivity contribution in [1.82, 2.24) is 10.6 Å². The monoisotopic (exact) mass is 266 g/mol. The van der Waals surface area contributed by atoms with Crippen molar-refractivity contribution in [2.75, 3.05) is 0 Å². The molecule has 19 heavy (non-hydrogen) atoms. The molecule has 1 aromatic carbocycles. The lowest BCUT2D eigenvalue weighted by molar-refractivity contribution is 0.189. The second-order valence-electron chi connectivity index (χ2n) is 5.06. The highest BCUT2D eigenvalue weighted by atomic mass is 16.4. The first-order chi connectivity index (χ1) is 8.88. The molecule has 0 aliphatic carbocycles. The van der Waals surface area contributed by atoms with E-state index in [9.17, 15) is 9.90 Å². The Bertz CT molecular complexity index is 421. The molecule has 2 atom stereocenters. The molecule has 0 heterocycles. The number of amides is 1. The number of phenolic OH excluding ortho intramolecular Hbond substituents is 1. The normalized spacial score (nSPS) is 14.1. The summed E-state index contributed by atoms with van der Waals surface area (Å²) in [4.78, 5) is 10.6. The Morgan fingerprint density at radius 3 is 2.53 bits per heavy atom. The van der Waals surface area contributed by atoms with Gasteiger partial charge in [0.15, 0.2) is 0 Å². The van der Waals surface area contributed by atoms with Crippen molar-refractivity contribution in [3.63, 3.8) is 0 Å². The van der Waals surface area contributed by atoms with Gasteiger partial charge in [-0.25, -0.2) is 4.79 Å². The van der Waals surface area contributed by atoms with Gasteiger partial charge in [-0.15, -0.1) is 0 Å². The van der Waals surface area contributed by atoms with Gasteiger partial charge in [0, 0.05) is 18.1 Å². The quantitative estimate of drug-likeness (QED) is 0.637. The van der Waals surface area contributed by atoms with Gasteiger partial charge in [-0.2, -0.15) is 0 Å². The van der Waals surface area contributed by atoms with Crippen LogP contribution in [-0.2, 0) is 0 Å². The Labute approximate surface area is 113 Å². The third kappa shape index (κ3) is 5.61. The van der Waals surface area contributed by atoms with Crippen LogP contribution in [0, 0.1) is 0 Å². The number of nitrogens with one attached hydrogen (secondary N) is 2. The Hall–Kier alpha value is -1.75. The van der Waals surface area contributed by atoms with Crippen LogP contribution in [0.4, 0.5) is 4.79 Å². The van der Waals surface area contributed by atoms with E-state index < -0.39 is 6.09 Å². The first-order valence-corrected chi connectivity index (χ1v) is 6.43. The lowest BCUT2D eigenvalue weighted by Gasteiger charge is -2.25. The Morgan fingerprint density at radius 2 is 2.00 bits per heavy atom. The summed E-state index contributed by atoms with van der Waals surface area (Å²) in [5, 5.41) is 24.1. The number of carbonyl (C=O) groups is 1. The lowest BCUT2D eigenvalue weighted by Crippen LogP contribution is -2.37. The molecule has 4 N–H and O–H groups in total. The van der Waals surface area contributed by atoms with Crippen molar-refractivity contribution in [1.29, 1.82) is 0 Å². The second kappa shape index (κ2) is 6.99. The van der Waals surface area contributed by atoms with Crippen molar-refractivity contribution >= 4 is 6.09 Å². The molecule has 0 aliphatic heterocycles. The van der Waals surface area contributed by atoms with Crippen LogP contribution in [0.2, 0.25) is 0 Å². The van der Waals surface area contributed by atoms with Gasteiger partial charge in [-0.05, 0) is 31.0 Å². The van der Waals surface area contributed by atoms with Crippen molar-refractivity contribution < 1.29 is 15.0 Å². The molecule has 1 amide bonds. The van der Waals surface area contributed by atoms with E-state index in [-0.39, 0.29) is 23.9 Å². The van der Waals surface area contributed by atoms with Crippen molar-refractivity contribution in [3.05, 3.63) is 29.8 Å². The van der Waals surface area contributed by atoms with Gasteiger partial charge in [-0.3, -0.25) is 0 Å². The molecule has 0 saturated carbocycles. The molecule has 1 rings (SSSR count). The highest BCUT2D eigenvalue weighted by Crippen LogP contribution is 2.22. The minimum absolute atomic E-state index is 0.00560. The van der Waals surface area contributed by atoms with Crippen LogP contribution in [0.25, 0.3) is 0 Å². The summed E-state index contributed by atoms with van der Waals surface area (Å²) in [6.45, 7) is 5.89. The predicted molar refractivity (Wildman–Crippen MR) is 74.4 cm³/mol. The number of rotatable bonds is 6. The Balaban J connectivity index is 2.79. The van der Waals surface area contributed by atoms with Crippen molar-refractivity contribution in [2.45, 2.75) is 45.3 Å². The lowest BCUT2D eigenvalue weighted by atomic mass is 9.99. The molecule has 0 spiro atoms. The minimum Gasteiger partial charge on any atom is -0.508 e. The molecule has 0 fully saturated rings.